The van der Waals surface area contributed by atoms with E-state index in [9.17, 15) is 4.79 Å². The smallest absolute Gasteiger partial charge is 0.267 e. The van der Waals surface area contributed by atoms with Gasteiger partial charge in [0, 0.05) is 22.7 Å². The van der Waals surface area contributed by atoms with Crippen molar-refractivity contribution in [2.24, 2.45) is 4.99 Å². The van der Waals surface area contributed by atoms with Crippen LogP contribution in [0, 0.1) is 6.92 Å². The number of thioether (sulfide) groups is 1. The van der Waals surface area contributed by atoms with E-state index < -0.39 is 0 Å². The minimum atomic E-state index is -0.0503. The van der Waals surface area contributed by atoms with Crippen LogP contribution in [0.4, 0.5) is 5.13 Å². The Kier molecular flexibility index (Phi) is 6.60. The molecule has 0 radical (unpaired) electrons. The summed E-state index contributed by atoms with van der Waals surface area (Å²) in [5.41, 5.74) is 0.706. The van der Waals surface area contributed by atoms with Gasteiger partial charge in [-0.05, 0) is 61.9 Å². The van der Waals surface area contributed by atoms with E-state index in [0.717, 1.165) is 30.7 Å². The van der Waals surface area contributed by atoms with Crippen molar-refractivity contribution >= 4 is 68.6 Å². The van der Waals surface area contributed by atoms with Crippen LogP contribution in [0.2, 0.25) is 10.0 Å². The van der Waals surface area contributed by atoms with E-state index in [2.05, 4.69) is 15.2 Å². The number of amidine groups is 1. The van der Waals surface area contributed by atoms with Gasteiger partial charge in [0.2, 0.25) is 5.13 Å². The lowest BCUT2D eigenvalue weighted by Crippen LogP contribution is -2.40. The van der Waals surface area contributed by atoms with E-state index in [-0.39, 0.29) is 11.9 Å². The number of carbonyl (C=O) groups excluding carboxylic acids is 1. The maximum Gasteiger partial charge on any atom is 0.267 e. The number of aromatic nitrogens is 2. The molecule has 1 aliphatic carbocycles. The van der Waals surface area contributed by atoms with Gasteiger partial charge in [0.15, 0.2) is 5.17 Å². The molecule has 0 bridgehead atoms. The fourth-order valence-corrected chi connectivity index (χ4v) is 6.05. The van der Waals surface area contributed by atoms with E-state index in [1.54, 1.807) is 24.3 Å². The first kappa shape index (κ1) is 22.7. The first-order valence-corrected chi connectivity index (χ1v) is 13.0. The summed E-state index contributed by atoms with van der Waals surface area (Å²) in [6.45, 7) is 1.89. The molecule has 3 heterocycles. The van der Waals surface area contributed by atoms with E-state index >= 15 is 0 Å². The Labute approximate surface area is 209 Å². The van der Waals surface area contributed by atoms with E-state index in [4.69, 9.17) is 27.6 Å². The molecular formula is C23H20Cl2N4O2S2. The lowest BCUT2D eigenvalue weighted by molar-refractivity contribution is -0.124. The summed E-state index contributed by atoms with van der Waals surface area (Å²) in [6.07, 6.45) is 7.16. The van der Waals surface area contributed by atoms with Gasteiger partial charge >= 0.3 is 0 Å². The molecule has 0 unspecified atom stereocenters. The third-order valence-electron chi connectivity index (χ3n) is 5.58. The maximum absolute atomic E-state index is 13.4. The van der Waals surface area contributed by atoms with Crippen LogP contribution in [0.1, 0.15) is 42.9 Å². The molecule has 6 nitrogen and oxygen atoms in total. The monoisotopic (exact) mass is 518 g/mol. The Morgan fingerprint density at radius 1 is 1.15 bits per heavy atom. The van der Waals surface area contributed by atoms with E-state index in [1.807, 2.05) is 24.0 Å². The van der Waals surface area contributed by atoms with Crippen molar-refractivity contribution in [3.05, 3.63) is 56.1 Å². The number of benzene rings is 1. The van der Waals surface area contributed by atoms with Crippen molar-refractivity contribution in [3.63, 3.8) is 0 Å². The molecule has 2 aromatic heterocycles. The summed E-state index contributed by atoms with van der Waals surface area (Å²) in [4.78, 5) is 20.5. The van der Waals surface area contributed by atoms with Crippen molar-refractivity contribution in [1.82, 2.24) is 15.1 Å². The van der Waals surface area contributed by atoms with Crippen LogP contribution in [0.25, 0.3) is 17.4 Å². The summed E-state index contributed by atoms with van der Waals surface area (Å²) in [5, 5.41) is 11.3. The molecule has 3 aromatic rings. The van der Waals surface area contributed by atoms with E-state index in [1.165, 1.54) is 29.5 Å². The second-order valence-corrected chi connectivity index (χ2v) is 10.9. The van der Waals surface area contributed by atoms with Crippen LogP contribution in [-0.2, 0) is 4.79 Å². The first-order chi connectivity index (χ1) is 16.0. The zero-order chi connectivity index (χ0) is 22.9. The number of rotatable bonds is 4. The zero-order valence-electron chi connectivity index (χ0n) is 17.8. The van der Waals surface area contributed by atoms with Crippen LogP contribution in [0.5, 0.6) is 0 Å². The molecule has 10 heteroatoms. The molecule has 170 valence electrons. The highest BCUT2D eigenvalue weighted by molar-refractivity contribution is 8.18. The number of nitrogens with zero attached hydrogens (tertiary/aromatic N) is 4. The Morgan fingerprint density at radius 3 is 2.73 bits per heavy atom. The number of amides is 1. The predicted molar refractivity (Wildman–Crippen MR) is 135 cm³/mol. The fourth-order valence-electron chi connectivity index (χ4n) is 4.03. The molecule has 2 aliphatic rings. The van der Waals surface area contributed by atoms with Gasteiger partial charge in [-0.2, -0.15) is 4.99 Å². The van der Waals surface area contributed by atoms with Crippen molar-refractivity contribution in [2.75, 3.05) is 0 Å². The number of furan rings is 1. The zero-order valence-corrected chi connectivity index (χ0v) is 20.9. The van der Waals surface area contributed by atoms with Gasteiger partial charge in [-0.15, -0.1) is 10.2 Å². The third-order valence-corrected chi connectivity index (χ3v) is 7.86. The summed E-state index contributed by atoms with van der Waals surface area (Å²) >= 11 is 15.2. The summed E-state index contributed by atoms with van der Waals surface area (Å²) in [7, 11) is 0. The highest BCUT2D eigenvalue weighted by atomic mass is 35.5. The summed E-state index contributed by atoms with van der Waals surface area (Å²) in [5.74, 6) is 1.10. The van der Waals surface area contributed by atoms with Crippen molar-refractivity contribution in [3.8, 4) is 11.3 Å². The number of hydrogen-bond donors (Lipinski definition) is 0. The molecule has 2 fully saturated rings. The average molecular weight is 519 g/mol. The molecule has 33 heavy (non-hydrogen) atoms. The topological polar surface area (TPSA) is 71.6 Å². The van der Waals surface area contributed by atoms with Crippen molar-refractivity contribution in [2.45, 2.75) is 45.1 Å². The molecule has 0 atom stereocenters. The van der Waals surface area contributed by atoms with Gasteiger partial charge < -0.3 is 4.42 Å². The largest absolute Gasteiger partial charge is 0.457 e. The quantitative estimate of drug-likeness (QED) is 0.337. The number of halogens is 2. The number of carbonyl (C=O) groups is 1. The van der Waals surface area contributed by atoms with Crippen LogP contribution >= 0.6 is 46.3 Å². The van der Waals surface area contributed by atoms with Crippen LogP contribution in [0.15, 0.2) is 44.6 Å². The van der Waals surface area contributed by atoms with Gasteiger partial charge in [0.05, 0.1) is 9.93 Å². The summed E-state index contributed by atoms with van der Waals surface area (Å²) < 4.78 is 5.99. The second-order valence-electron chi connectivity index (χ2n) is 7.90. The molecule has 0 N–H and O–H groups in total. The van der Waals surface area contributed by atoms with Gasteiger partial charge in [0.1, 0.15) is 16.5 Å². The minimum Gasteiger partial charge on any atom is -0.457 e. The maximum atomic E-state index is 13.4. The Balaban J connectivity index is 1.47. The highest BCUT2D eigenvalue weighted by Gasteiger charge is 2.39. The average Bonchev–Trinajstić information content (AvgIpc) is 3.51. The molecule has 1 amide bonds. The standard InChI is InChI=1S/C23H20Cl2N4O2S2/c1-13-27-28-22(32-13)26-23-29(15-5-3-2-4-6-15)21(30)20(33-23)12-16-8-10-19(31-16)17-11-14(24)7-9-18(17)25/h7-12,15H,2-6H2,1H3/b20-12+,26-23+. The molecule has 1 aromatic carbocycles. The Morgan fingerprint density at radius 2 is 1.97 bits per heavy atom. The van der Waals surface area contributed by atoms with Gasteiger partial charge in [-0.1, -0.05) is 53.8 Å². The highest BCUT2D eigenvalue weighted by Crippen LogP contribution is 2.39. The third kappa shape index (κ3) is 4.89. The van der Waals surface area contributed by atoms with E-state index in [0.29, 0.717) is 42.3 Å². The predicted octanol–water partition coefficient (Wildman–Crippen LogP) is 7.35. The molecule has 1 saturated carbocycles. The SMILES string of the molecule is Cc1nnc(/N=C2/S/C(=C/c3ccc(-c4cc(Cl)ccc4Cl)o3)C(=O)N2C2CCCCC2)s1. The Hall–Kier alpha value is -2.13. The number of aryl methyl sites for hydroxylation is 1. The van der Waals surface area contributed by atoms with Gasteiger partial charge in [0.25, 0.3) is 5.91 Å². The molecular weight excluding hydrogens is 499 g/mol. The van der Waals surface area contributed by atoms with Crippen LogP contribution < -0.4 is 0 Å². The number of aliphatic imine (C=N–C) groups is 1. The van der Waals surface area contributed by atoms with Crippen LogP contribution in [0.3, 0.4) is 0 Å². The fraction of sp³-hybridized carbons (Fsp3) is 0.304. The molecule has 5 rings (SSSR count). The lowest BCUT2D eigenvalue weighted by Gasteiger charge is -2.30. The normalized spacial score (nSPS) is 19.8. The lowest BCUT2D eigenvalue weighted by atomic mass is 9.94. The summed E-state index contributed by atoms with van der Waals surface area (Å²) in [6, 6.07) is 9.01. The molecule has 1 saturated heterocycles. The molecule has 1 aliphatic heterocycles. The minimum absolute atomic E-state index is 0.0503. The first-order valence-electron chi connectivity index (χ1n) is 10.6. The Bertz CT molecular complexity index is 1260. The van der Waals surface area contributed by atoms with Crippen LogP contribution in [-0.4, -0.2) is 32.2 Å². The van der Waals surface area contributed by atoms with Crippen molar-refractivity contribution in [1.29, 1.82) is 0 Å². The van der Waals surface area contributed by atoms with Gasteiger partial charge in [-0.25, -0.2) is 0 Å². The number of hydrogen-bond acceptors (Lipinski definition) is 7. The van der Waals surface area contributed by atoms with Crippen molar-refractivity contribution < 1.29 is 9.21 Å². The van der Waals surface area contributed by atoms with Gasteiger partial charge in [-0.3, -0.25) is 9.69 Å². The molecule has 0 spiro atoms. The second kappa shape index (κ2) is 9.62.